The maximum atomic E-state index is 11.3. The van der Waals surface area contributed by atoms with Gasteiger partial charge in [-0.05, 0) is 5.41 Å². The summed E-state index contributed by atoms with van der Waals surface area (Å²) in [6.45, 7) is 5.27. The Bertz CT molecular complexity index is 302. The molecule has 1 N–H and O–H groups in total. The molecule has 6 heteroatoms. The zero-order valence-electron chi connectivity index (χ0n) is 9.12. The van der Waals surface area contributed by atoms with Crippen LogP contribution in [0.2, 0.25) is 0 Å². The molecule has 0 aromatic rings. The predicted octanol–water partition coefficient (Wildman–Crippen LogP) is 0.123. The maximum absolute atomic E-state index is 11.3. The molecule has 0 radical (unpaired) electrons. The van der Waals surface area contributed by atoms with E-state index in [1.54, 1.807) is 20.8 Å². The average molecular weight is 223 g/mol. The number of esters is 1. The highest BCUT2D eigenvalue weighted by Crippen LogP contribution is 2.20. The third kappa shape index (κ3) is 4.57. The fourth-order valence-electron chi connectivity index (χ4n) is 0.910. The first-order chi connectivity index (χ1) is 6.08. The first-order valence-electron chi connectivity index (χ1n) is 4.13. The number of ether oxygens (including phenoxy) is 1. The van der Waals surface area contributed by atoms with Gasteiger partial charge in [-0.2, -0.15) is 0 Å². The third-order valence-electron chi connectivity index (χ3n) is 1.63. The van der Waals surface area contributed by atoms with Gasteiger partial charge in [-0.1, -0.05) is 20.8 Å². The second-order valence-electron chi connectivity index (χ2n) is 4.21. The number of rotatable bonds is 3. The molecule has 0 aliphatic rings. The van der Waals surface area contributed by atoms with E-state index in [0.717, 1.165) is 6.26 Å². The number of carbonyl (C=O) groups excluding carboxylic acids is 1. The van der Waals surface area contributed by atoms with E-state index in [9.17, 15) is 13.2 Å². The summed E-state index contributed by atoms with van der Waals surface area (Å²) in [5.74, 6) is -0.581. The van der Waals surface area contributed by atoms with Gasteiger partial charge in [-0.25, -0.2) is 13.1 Å². The Morgan fingerprint density at radius 2 is 1.79 bits per heavy atom. The highest BCUT2D eigenvalue weighted by atomic mass is 32.2. The van der Waals surface area contributed by atoms with Crippen molar-refractivity contribution in [1.82, 2.24) is 4.72 Å². The van der Waals surface area contributed by atoms with Gasteiger partial charge in [0.1, 0.15) is 6.04 Å². The summed E-state index contributed by atoms with van der Waals surface area (Å²) in [5.41, 5.74) is -0.518. The molecule has 84 valence electrons. The van der Waals surface area contributed by atoms with E-state index < -0.39 is 27.4 Å². The topological polar surface area (TPSA) is 72.5 Å². The largest absolute Gasteiger partial charge is 0.468 e. The van der Waals surface area contributed by atoms with E-state index in [2.05, 4.69) is 9.46 Å². The molecule has 0 aromatic carbocycles. The Morgan fingerprint density at radius 1 is 1.36 bits per heavy atom. The van der Waals surface area contributed by atoms with Crippen molar-refractivity contribution < 1.29 is 17.9 Å². The Morgan fingerprint density at radius 3 is 2.00 bits per heavy atom. The van der Waals surface area contributed by atoms with E-state index in [-0.39, 0.29) is 0 Å². The first-order valence-corrected chi connectivity index (χ1v) is 6.02. The van der Waals surface area contributed by atoms with Crippen LogP contribution in [0.3, 0.4) is 0 Å². The summed E-state index contributed by atoms with van der Waals surface area (Å²) in [6.07, 6.45) is 1.01. The van der Waals surface area contributed by atoms with Crippen LogP contribution in [0.25, 0.3) is 0 Å². The van der Waals surface area contributed by atoms with Crippen molar-refractivity contribution in [3.63, 3.8) is 0 Å². The predicted molar refractivity (Wildman–Crippen MR) is 53.2 cm³/mol. The molecule has 5 nitrogen and oxygen atoms in total. The minimum atomic E-state index is -3.41. The third-order valence-corrected chi connectivity index (χ3v) is 2.30. The standard InChI is InChI=1S/C8H17NO4S/c1-8(2,3)6(7(10)13-4)9-14(5,11)12/h6,9H,1-5H3/t6-/m0/s1. The van der Waals surface area contributed by atoms with Gasteiger partial charge >= 0.3 is 5.97 Å². The normalized spacial score (nSPS) is 14.9. The average Bonchev–Trinajstić information content (AvgIpc) is 1.95. The second kappa shape index (κ2) is 4.27. The molecule has 0 rings (SSSR count). The number of carbonyl (C=O) groups is 1. The van der Waals surface area contributed by atoms with Crippen molar-refractivity contribution in [3.05, 3.63) is 0 Å². The van der Waals surface area contributed by atoms with Crippen LogP contribution in [0.1, 0.15) is 20.8 Å². The number of nitrogens with one attached hydrogen (secondary N) is 1. The van der Waals surface area contributed by atoms with E-state index in [1.165, 1.54) is 7.11 Å². The molecule has 0 amide bonds. The summed E-state index contributed by atoms with van der Waals surface area (Å²) < 4.78 is 28.7. The van der Waals surface area contributed by atoms with Crippen LogP contribution in [0, 0.1) is 5.41 Å². The second-order valence-corrected chi connectivity index (χ2v) is 5.99. The quantitative estimate of drug-likeness (QED) is 0.690. The number of hydrogen-bond acceptors (Lipinski definition) is 4. The summed E-state index contributed by atoms with van der Waals surface area (Å²) >= 11 is 0. The molecule has 14 heavy (non-hydrogen) atoms. The Kier molecular flexibility index (Phi) is 4.08. The molecule has 0 unspecified atom stereocenters. The monoisotopic (exact) mass is 223 g/mol. The van der Waals surface area contributed by atoms with Crippen LogP contribution in [0.15, 0.2) is 0 Å². The molecule has 0 spiro atoms. The molecular formula is C8H17NO4S. The molecule has 0 heterocycles. The van der Waals surface area contributed by atoms with Crippen LogP contribution in [-0.4, -0.2) is 33.8 Å². The zero-order valence-corrected chi connectivity index (χ0v) is 9.94. The number of hydrogen-bond donors (Lipinski definition) is 1. The highest BCUT2D eigenvalue weighted by Gasteiger charge is 2.34. The Balaban J connectivity index is 4.85. The molecule has 0 saturated heterocycles. The van der Waals surface area contributed by atoms with Gasteiger partial charge in [0, 0.05) is 0 Å². The van der Waals surface area contributed by atoms with Crippen molar-refractivity contribution in [2.24, 2.45) is 5.41 Å². The molecule has 0 aliphatic heterocycles. The highest BCUT2D eigenvalue weighted by molar-refractivity contribution is 7.88. The van der Waals surface area contributed by atoms with Gasteiger partial charge < -0.3 is 4.74 Å². The fourth-order valence-corrected chi connectivity index (χ4v) is 1.79. The molecule has 1 atom stereocenters. The molecule has 0 saturated carbocycles. The summed E-state index contributed by atoms with van der Waals surface area (Å²) in [4.78, 5) is 11.3. The van der Waals surface area contributed by atoms with E-state index in [0.29, 0.717) is 0 Å². The minimum absolute atomic E-state index is 0.518. The zero-order chi connectivity index (χ0) is 11.6. The summed E-state index contributed by atoms with van der Waals surface area (Å²) in [7, 11) is -2.19. The van der Waals surface area contributed by atoms with Crippen molar-refractivity contribution >= 4 is 16.0 Å². The maximum Gasteiger partial charge on any atom is 0.324 e. The molecule has 0 fully saturated rings. The van der Waals surface area contributed by atoms with Gasteiger partial charge in [0.25, 0.3) is 0 Å². The lowest BCUT2D eigenvalue weighted by molar-refractivity contribution is -0.145. The Labute approximate surface area is 84.9 Å². The number of sulfonamides is 1. The smallest absolute Gasteiger partial charge is 0.324 e. The summed E-state index contributed by atoms with van der Waals surface area (Å²) in [6, 6.07) is -0.859. The molecule has 0 aromatic heterocycles. The van der Waals surface area contributed by atoms with Crippen molar-refractivity contribution in [3.8, 4) is 0 Å². The van der Waals surface area contributed by atoms with Crippen LogP contribution in [0.5, 0.6) is 0 Å². The van der Waals surface area contributed by atoms with Crippen molar-refractivity contribution in [1.29, 1.82) is 0 Å². The lowest BCUT2D eigenvalue weighted by Gasteiger charge is -2.28. The lowest BCUT2D eigenvalue weighted by atomic mass is 9.87. The van der Waals surface area contributed by atoms with Gasteiger partial charge in [-0.3, -0.25) is 4.79 Å². The Hall–Kier alpha value is -0.620. The van der Waals surface area contributed by atoms with E-state index >= 15 is 0 Å². The van der Waals surface area contributed by atoms with Gasteiger partial charge in [0.2, 0.25) is 10.0 Å². The van der Waals surface area contributed by atoms with E-state index in [1.807, 2.05) is 0 Å². The van der Waals surface area contributed by atoms with Crippen molar-refractivity contribution in [2.75, 3.05) is 13.4 Å². The van der Waals surface area contributed by atoms with Crippen molar-refractivity contribution in [2.45, 2.75) is 26.8 Å². The van der Waals surface area contributed by atoms with Gasteiger partial charge in [-0.15, -0.1) is 0 Å². The fraction of sp³-hybridized carbons (Fsp3) is 0.875. The minimum Gasteiger partial charge on any atom is -0.468 e. The van der Waals surface area contributed by atoms with Crippen LogP contribution in [-0.2, 0) is 19.6 Å². The van der Waals surface area contributed by atoms with E-state index in [4.69, 9.17) is 0 Å². The molecular weight excluding hydrogens is 206 g/mol. The number of methoxy groups -OCH3 is 1. The van der Waals surface area contributed by atoms with Gasteiger partial charge in [0.05, 0.1) is 13.4 Å². The first kappa shape index (κ1) is 13.4. The van der Waals surface area contributed by atoms with Crippen LogP contribution < -0.4 is 4.72 Å². The SMILES string of the molecule is COC(=O)[C@H](NS(C)(=O)=O)C(C)(C)C. The van der Waals surface area contributed by atoms with Gasteiger partial charge in [0.15, 0.2) is 0 Å². The molecule has 0 bridgehead atoms. The molecule has 0 aliphatic carbocycles. The van der Waals surface area contributed by atoms with Crippen LogP contribution in [0.4, 0.5) is 0 Å². The summed E-state index contributed by atoms with van der Waals surface area (Å²) in [5, 5.41) is 0. The lowest BCUT2D eigenvalue weighted by Crippen LogP contribution is -2.49. The van der Waals surface area contributed by atoms with Crippen LogP contribution >= 0.6 is 0 Å².